The number of benzene rings is 2. The number of nitrogens with one attached hydrogen (secondary N) is 2. The van der Waals surface area contributed by atoms with E-state index < -0.39 is 0 Å². The van der Waals surface area contributed by atoms with E-state index in [2.05, 4.69) is 20.7 Å². The first-order valence-corrected chi connectivity index (χ1v) is 8.88. The van der Waals surface area contributed by atoms with Crippen molar-refractivity contribution in [2.24, 2.45) is 0 Å². The second-order valence-electron chi connectivity index (χ2n) is 6.24. The Balaban J connectivity index is 1.66. The second-order valence-corrected chi connectivity index (χ2v) is 6.24. The van der Waals surface area contributed by atoms with E-state index in [9.17, 15) is 9.18 Å². The molecule has 2 heterocycles. The van der Waals surface area contributed by atoms with E-state index in [-0.39, 0.29) is 11.8 Å². The van der Waals surface area contributed by atoms with E-state index in [1.807, 2.05) is 37.4 Å². The first-order valence-electron chi connectivity index (χ1n) is 8.88. The number of carbonyl (C=O) groups is 1. The van der Waals surface area contributed by atoms with Crippen LogP contribution in [0.3, 0.4) is 0 Å². The zero-order valence-electron chi connectivity index (χ0n) is 15.2. The molecule has 2 aromatic carbocycles. The van der Waals surface area contributed by atoms with Gasteiger partial charge in [0.05, 0.1) is 6.20 Å². The van der Waals surface area contributed by atoms with Crippen LogP contribution in [0.5, 0.6) is 0 Å². The summed E-state index contributed by atoms with van der Waals surface area (Å²) < 4.78 is 14.8. The average Bonchev–Trinajstić information content (AvgIpc) is 3.12. The van der Waals surface area contributed by atoms with E-state index in [1.165, 1.54) is 12.1 Å². The summed E-state index contributed by atoms with van der Waals surface area (Å²) >= 11 is 0. The van der Waals surface area contributed by atoms with Gasteiger partial charge in [-0.15, -0.1) is 0 Å². The lowest BCUT2D eigenvalue weighted by Gasteiger charge is -2.07. The summed E-state index contributed by atoms with van der Waals surface area (Å²) in [4.78, 5) is 16.3. The number of hydrogen-bond donors (Lipinski definition) is 2. The summed E-state index contributed by atoms with van der Waals surface area (Å²) in [7, 11) is 0. The van der Waals surface area contributed by atoms with Crippen molar-refractivity contribution in [3.05, 3.63) is 72.9 Å². The molecule has 0 unspecified atom stereocenters. The Morgan fingerprint density at radius 3 is 2.68 bits per heavy atom. The third kappa shape index (κ3) is 3.55. The number of nitrogens with zero attached hydrogens (tertiary/aromatic N) is 3. The number of urea groups is 1. The highest BCUT2D eigenvalue weighted by Gasteiger charge is 2.11. The van der Waals surface area contributed by atoms with Crippen molar-refractivity contribution in [1.82, 2.24) is 19.9 Å². The van der Waals surface area contributed by atoms with Gasteiger partial charge in [-0.3, -0.25) is 0 Å². The van der Waals surface area contributed by atoms with Gasteiger partial charge in [-0.05, 0) is 42.3 Å². The van der Waals surface area contributed by atoms with Crippen molar-refractivity contribution in [2.45, 2.75) is 6.92 Å². The van der Waals surface area contributed by atoms with E-state index >= 15 is 0 Å². The van der Waals surface area contributed by atoms with Gasteiger partial charge in [-0.2, -0.15) is 5.10 Å². The highest BCUT2D eigenvalue weighted by molar-refractivity contribution is 5.90. The van der Waals surface area contributed by atoms with E-state index in [0.717, 1.165) is 22.3 Å². The molecule has 0 bridgehead atoms. The van der Waals surface area contributed by atoms with Crippen molar-refractivity contribution < 1.29 is 9.18 Å². The lowest BCUT2D eigenvalue weighted by molar-refractivity contribution is 0.252. The Hall–Kier alpha value is -3.74. The fourth-order valence-corrected chi connectivity index (χ4v) is 2.97. The van der Waals surface area contributed by atoms with Crippen LogP contribution >= 0.6 is 0 Å². The van der Waals surface area contributed by atoms with E-state index in [0.29, 0.717) is 17.9 Å². The van der Waals surface area contributed by atoms with Crippen molar-refractivity contribution in [3.8, 4) is 22.3 Å². The molecule has 0 fully saturated rings. The number of rotatable bonds is 4. The van der Waals surface area contributed by atoms with Crippen LogP contribution in [0, 0.1) is 5.82 Å². The summed E-state index contributed by atoms with van der Waals surface area (Å²) in [6.45, 7) is 2.42. The van der Waals surface area contributed by atoms with Crippen LogP contribution < -0.4 is 10.6 Å². The Bertz CT molecular complexity index is 1140. The molecule has 7 heteroatoms. The largest absolute Gasteiger partial charge is 0.338 e. The predicted octanol–water partition coefficient (Wildman–Crippen LogP) is 4.34. The number of anilines is 1. The van der Waals surface area contributed by atoms with Gasteiger partial charge in [0.1, 0.15) is 5.82 Å². The number of fused-ring (bicyclic) bond motifs is 1. The minimum absolute atomic E-state index is 0.249. The second kappa shape index (κ2) is 7.48. The minimum atomic E-state index is -0.278. The molecule has 0 saturated carbocycles. The molecule has 28 heavy (non-hydrogen) atoms. The molecule has 4 rings (SSSR count). The predicted molar refractivity (Wildman–Crippen MR) is 107 cm³/mol. The molecule has 2 aromatic heterocycles. The number of hydrogen-bond acceptors (Lipinski definition) is 3. The van der Waals surface area contributed by atoms with Gasteiger partial charge in [0.15, 0.2) is 5.65 Å². The normalized spacial score (nSPS) is 10.8. The first kappa shape index (κ1) is 17.7. The van der Waals surface area contributed by atoms with Gasteiger partial charge in [0, 0.05) is 35.8 Å². The van der Waals surface area contributed by atoms with E-state index in [4.69, 9.17) is 0 Å². The molecule has 0 aliphatic heterocycles. The molecule has 0 atom stereocenters. The van der Waals surface area contributed by atoms with Gasteiger partial charge >= 0.3 is 6.03 Å². The topological polar surface area (TPSA) is 71.3 Å². The molecule has 2 N–H and O–H groups in total. The van der Waals surface area contributed by atoms with Gasteiger partial charge in [0.2, 0.25) is 0 Å². The molecule has 6 nitrogen and oxygen atoms in total. The number of aromatic nitrogens is 3. The maximum atomic E-state index is 13.1. The van der Waals surface area contributed by atoms with Crippen LogP contribution in [0.4, 0.5) is 14.9 Å². The van der Waals surface area contributed by atoms with Crippen molar-refractivity contribution in [2.75, 3.05) is 11.9 Å². The smallest absolute Gasteiger partial charge is 0.319 e. The maximum Gasteiger partial charge on any atom is 0.319 e. The number of carbonyl (C=O) groups excluding carboxylic acids is 1. The third-order valence-electron chi connectivity index (χ3n) is 4.30. The lowest BCUT2D eigenvalue weighted by atomic mass is 10.1. The molecule has 0 aliphatic rings. The quantitative estimate of drug-likeness (QED) is 0.557. The highest BCUT2D eigenvalue weighted by atomic mass is 19.1. The number of amides is 2. The zero-order valence-corrected chi connectivity index (χ0v) is 15.2. The zero-order chi connectivity index (χ0) is 19.5. The fourth-order valence-electron chi connectivity index (χ4n) is 2.97. The summed E-state index contributed by atoms with van der Waals surface area (Å²) in [5.41, 5.74) is 4.83. The summed E-state index contributed by atoms with van der Waals surface area (Å²) in [5.74, 6) is -0.278. The first-order chi connectivity index (χ1) is 13.6. The number of halogens is 1. The van der Waals surface area contributed by atoms with Crippen molar-refractivity contribution in [1.29, 1.82) is 0 Å². The van der Waals surface area contributed by atoms with Crippen LogP contribution in [0.15, 0.2) is 67.1 Å². The molecule has 0 aliphatic carbocycles. The summed E-state index contributed by atoms with van der Waals surface area (Å²) in [6, 6.07) is 13.5. The SMILES string of the molecule is CCNC(=O)Nc1cccc(-c2cnn3cc(-c4ccc(F)cc4)cnc23)c1. The van der Waals surface area contributed by atoms with Gasteiger partial charge < -0.3 is 10.6 Å². The maximum absolute atomic E-state index is 13.1. The van der Waals surface area contributed by atoms with Crippen LogP contribution in [-0.2, 0) is 0 Å². The molecule has 2 amide bonds. The van der Waals surface area contributed by atoms with Crippen LogP contribution in [0.25, 0.3) is 27.9 Å². The molecule has 0 radical (unpaired) electrons. The lowest BCUT2D eigenvalue weighted by Crippen LogP contribution is -2.28. The molecule has 0 saturated heterocycles. The summed E-state index contributed by atoms with van der Waals surface area (Å²) in [6.07, 6.45) is 5.34. The molecule has 4 aromatic rings. The Morgan fingerprint density at radius 1 is 1.07 bits per heavy atom. The van der Waals surface area contributed by atoms with Crippen molar-refractivity contribution in [3.63, 3.8) is 0 Å². The molecule has 140 valence electrons. The molecular formula is C21H18FN5O. The van der Waals surface area contributed by atoms with E-state index in [1.54, 1.807) is 29.0 Å². The van der Waals surface area contributed by atoms with Crippen molar-refractivity contribution >= 4 is 17.4 Å². The fraction of sp³-hybridized carbons (Fsp3) is 0.0952. The Morgan fingerprint density at radius 2 is 1.89 bits per heavy atom. The standard InChI is InChI=1S/C21H18FN5O/c1-2-23-21(28)26-18-5-3-4-15(10-18)19-12-25-27-13-16(11-24-20(19)27)14-6-8-17(22)9-7-14/h3-13H,2H2,1H3,(H2,23,26,28). The third-order valence-corrected chi connectivity index (χ3v) is 4.30. The van der Waals surface area contributed by atoms with Gasteiger partial charge in [0.25, 0.3) is 0 Å². The highest BCUT2D eigenvalue weighted by Crippen LogP contribution is 2.27. The Labute approximate surface area is 161 Å². The monoisotopic (exact) mass is 375 g/mol. The van der Waals surface area contributed by atoms with Crippen LogP contribution in [-0.4, -0.2) is 27.2 Å². The van der Waals surface area contributed by atoms with Gasteiger partial charge in [-0.25, -0.2) is 18.7 Å². The average molecular weight is 375 g/mol. The van der Waals surface area contributed by atoms with Crippen LogP contribution in [0.2, 0.25) is 0 Å². The summed E-state index contributed by atoms with van der Waals surface area (Å²) in [5, 5.41) is 9.90. The molecular weight excluding hydrogens is 357 g/mol. The molecule has 0 spiro atoms. The Kier molecular flexibility index (Phi) is 4.72. The van der Waals surface area contributed by atoms with Crippen LogP contribution in [0.1, 0.15) is 6.92 Å². The minimum Gasteiger partial charge on any atom is -0.338 e. The van der Waals surface area contributed by atoms with Gasteiger partial charge in [-0.1, -0.05) is 24.3 Å².